The average Bonchev–Trinajstić information content (AvgIpc) is 3.17. The molecule has 152 valence electrons. The summed E-state index contributed by atoms with van der Waals surface area (Å²) in [6.07, 6.45) is 3.35. The van der Waals surface area contributed by atoms with Gasteiger partial charge in [-0.15, -0.1) is 0 Å². The van der Waals surface area contributed by atoms with Crippen LogP contribution in [0, 0.1) is 0 Å². The molecule has 1 aliphatic heterocycles. The number of benzene rings is 4. The molecule has 0 fully saturated rings. The molecule has 31 heavy (non-hydrogen) atoms. The monoisotopic (exact) mass is 419 g/mol. The van der Waals surface area contributed by atoms with E-state index < -0.39 is 6.89 Å². The molecular formula is C29H26NP. The molecular weight excluding hydrogens is 393 g/mol. The Hall–Kier alpha value is -3.28. The second-order valence-corrected chi connectivity index (χ2v) is 11.2. The number of rotatable bonds is 4. The van der Waals surface area contributed by atoms with Gasteiger partial charge in [-0.3, -0.25) is 0 Å². The van der Waals surface area contributed by atoms with Crippen LogP contribution in [0.3, 0.4) is 0 Å². The zero-order valence-electron chi connectivity index (χ0n) is 17.7. The van der Waals surface area contributed by atoms with E-state index in [0.29, 0.717) is 0 Å². The summed E-state index contributed by atoms with van der Waals surface area (Å²) in [4.78, 5) is 2.33. The van der Waals surface area contributed by atoms with Crippen LogP contribution in [0.2, 0.25) is 0 Å². The molecule has 0 aliphatic carbocycles. The van der Waals surface area contributed by atoms with Gasteiger partial charge in [-0.25, -0.2) is 0 Å². The highest BCUT2D eigenvalue weighted by atomic mass is 31.2. The van der Waals surface area contributed by atoms with Crippen LogP contribution in [-0.2, 0) is 6.42 Å². The summed E-state index contributed by atoms with van der Waals surface area (Å²) in [6.45, 7) is -1.96. The first kappa shape index (κ1) is 19.7. The quantitative estimate of drug-likeness (QED) is 0.403. The standard InChI is InChI=1S/C29H26NP/c1-30-25(23-24-13-11-12-20-29(24)30)21-22-31(26-14-5-2-6-15-26,27-16-7-3-8-17-27)28-18-9-4-10-19-28/h2-22H,23H2,1H3/b25-21+. The lowest BCUT2D eigenvalue weighted by Crippen LogP contribution is -2.27. The zero-order chi connectivity index (χ0) is 21.1. The number of hydrogen-bond donors (Lipinski definition) is 0. The maximum absolute atomic E-state index is 2.50. The Morgan fingerprint density at radius 2 is 1.06 bits per heavy atom. The summed E-state index contributed by atoms with van der Waals surface area (Å²) >= 11 is 0. The van der Waals surface area contributed by atoms with Crippen molar-refractivity contribution in [1.29, 1.82) is 0 Å². The van der Waals surface area contributed by atoms with Gasteiger partial charge in [0.05, 0.1) is 0 Å². The van der Waals surface area contributed by atoms with Crippen LogP contribution in [0.15, 0.2) is 127 Å². The summed E-state index contributed by atoms with van der Waals surface area (Å²) in [7, 11) is 2.18. The third-order valence-electron chi connectivity index (χ3n) is 6.14. The third kappa shape index (κ3) is 3.56. The summed E-state index contributed by atoms with van der Waals surface area (Å²) in [6, 6.07) is 41.7. The van der Waals surface area contributed by atoms with E-state index in [1.807, 2.05) is 0 Å². The molecule has 0 spiro atoms. The van der Waals surface area contributed by atoms with Crippen LogP contribution >= 0.6 is 6.89 Å². The largest absolute Gasteiger partial charge is 0.348 e. The van der Waals surface area contributed by atoms with Gasteiger partial charge in [0.15, 0.2) is 0 Å². The SMILES string of the molecule is CN1/C(=C/C=P(c2ccccc2)(c2ccccc2)c2ccccc2)Cc2ccccc21. The van der Waals surface area contributed by atoms with Crippen LogP contribution < -0.4 is 20.8 Å². The molecule has 0 atom stereocenters. The van der Waals surface area contributed by atoms with Crippen LogP contribution in [0.4, 0.5) is 5.69 Å². The van der Waals surface area contributed by atoms with Crippen LogP contribution in [0.25, 0.3) is 0 Å². The van der Waals surface area contributed by atoms with E-state index in [-0.39, 0.29) is 0 Å². The minimum Gasteiger partial charge on any atom is -0.348 e. The molecule has 0 N–H and O–H groups in total. The Morgan fingerprint density at radius 1 is 0.613 bits per heavy atom. The second-order valence-electron chi connectivity index (χ2n) is 7.90. The van der Waals surface area contributed by atoms with Crippen molar-refractivity contribution in [2.24, 2.45) is 0 Å². The van der Waals surface area contributed by atoms with Gasteiger partial charge in [-0.05, 0) is 40.5 Å². The number of hydrogen-bond acceptors (Lipinski definition) is 1. The molecule has 0 saturated heterocycles. The predicted octanol–water partition coefficient (Wildman–Crippen LogP) is 5.36. The van der Waals surface area contributed by atoms with Gasteiger partial charge >= 0.3 is 0 Å². The van der Waals surface area contributed by atoms with Crippen LogP contribution in [0.5, 0.6) is 0 Å². The fraction of sp³-hybridized carbons (Fsp3) is 0.0690. The predicted molar refractivity (Wildman–Crippen MR) is 138 cm³/mol. The van der Waals surface area contributed by atoms with Crippen molar-refractivity contribution < 1.29 is 0 Å². The molecule has 0 radical (unpaired) electrons. The normalized spacial score (nSPS) is 14.5. The first-order valence-electron chi connectivity index (χ1n) is 10.7. The summed E-state index contributed by atoms with van der Waals surface area (Å²) in [5.41, 5.74) is 4.05. The van der Waals surface area contributed by atoms with E-state index in [0.717, 1.165) is 6.42 Å². The van der Waals surface area contributed by atoms with Crippen molar-refractivity contribution in [2.45, 2.75) is 6.42 Å². The Labute approximate surface area is 185 Å². The van der Waals surface area contributed by atoms with Crippen molar-refractivity contribution in [1.82, 2.24) is 0 Å². The van der Waals surface area contributed by atoms with E-state index >= 15 is 0 Å². The topological polar surface area (TPSA) is 3.24 Å². The lowest BCUT2D eigenvalue weighted by Gasteiger charge is -2.28. The van der Waals surface area contributed by atoms with Gasteiger partial charge in [0.25, 0.3) is 0 Å². The number of allylic oxidation sites excluding steroid dienone is 2. The van der Waals surface area contributed by atoms with Gasteiger partial charge in [-0.1, -0.05) is 115 Å². The number of likely N-dealkylation sites (N-methyl/N-ethyl adjacent to an activating group) is 1. The van der Waals surface area contributed by atoms with Gasteiger partial charge in [-0.2, -0.15) is 0 Å². The number of para-hydroxylation sites is 1. The Morgan fingerprint density at radius 3 is 1.55 bits per heavy atom. The fourth-order valence-electron chi connectivity index (χ4n) is 4.52. The van der Waals surface area contributed by atoms with Crippen LogP contribution in [-0.4, -0.2) is 12.8 Å². The Kier molecular flexibility index (Phi) is 5.37. The minimum absolute atomic E-state index is 0.974. The van der Waals surface area contributed by atoms with Crippen molar-refractivity contribution in [3.8, 4) is 0 Å². The number of fused-ring (bicyclic) bond motifs is 1. The van der Waals surface area contributed by atoms with Crippen molar-refractivity contribution in [3.05, 3.63) is 133 Å². The number of nitrogens with zero attached hydrogens (tertiary/aromatic N) is 1. The second kappa shape index (κ2) is 8.46. The van der Waals surface area contributed by atoms with Crippen molar-refractivity contribution in [3.63, 3.8) is 0 Å². The fourth-order valence-corrected chi connectivity index (χ4v) is 8.25. The molecule has 1 aliphatic rings. The molecule has 0 amide bonds. The van der Waals surface area contributed by atoms with E-state index in [1.54, 1.807) is 0 Å². The van der Waals surface area contributed by atoms with E-state index in [2.05, 4.69) is 139 Å². The average molecular weight is 420 g/mol. The highest BCUT2D eigenvalue weighted by molar-refractivity contribution is 7.94. The summed E-state index contributed by atoms with van der Waals surface area (Å²) < 4.78 is 0. The molecule has 0 aromatic heterocycles. The Balaban J connectivity index is 1.77. The van der Waals surface area contributed by atoms with Gasteiger partial charge in [0.2, 0.25) is 0 Å². The molecule has 0 unspecified atom stereocenters. The van der Waals surface area contributed by atoms with Crippen molar-refractivity contribution in [2.75, 3.05) is 11.9 Å². The van der Waals surface area contributed by atoms with Gasteiger partial charge < -0.3 is 4.90 Å². The highest BCUT2D eigenvalue weighted by Gasteiger charge is 2.25. The molecule has 2 heteroatoms. The van der Waals surface area contributed by atoms with Crippen molar-refractivity contribution >= 4 is 34.3 Å². The maximum atomic E-state index is 2.50. The molecule has 0 saturated carbocycles. The highest BCUT2D eigenvalue weighted by Crippen LogP contribution is 2.44. The van der Waals surface area contributed by atoms with E-state index in [4.69, 9.17) is 0 Å². The first-order chi connectivity index (χ1) is 15.3. The molecule has 1 heterocycles. The third-order valence-corrected chi connectivity index (χ3v) is 10.1. The molecule has 0 bridgehead atoms. The van der Waals surface area contributed by atoms with Crippen LogP contribution in [0.1, 0.15) is 5.56 Å². The molecule has 4 aromatic rings. The lowest BCUT2D eigenvalue weighted by atomic mass is 10.1. The van der Waals surface area contributed by atoms with Gasteiger partial charge in [0.1, 0.15) is 0 Å². The molecule has 1 nitrogen and oxygen atoms in total. The van der Waals surface area contributed by atoms with E-state index in [9.17, 15) is 0 Å². The lowest BCUT2D eigenvalue weighted by molar-refractivity contribution is 1.10. The molecule has 4 aromatic carbocycles. The van der Waals surface area contributed by atoms with E-state index in [1.165, 1.54) is 32.9 Å². The molecule has 5 rings (SSSR count). The Bertz CT molecular complexity index is 1150. The zero-order valence-corrected chi connectivity index (χ0v) is 18.6. The first-order valence-corrected chi connectivity index (χ1v) is 12.6. The number of anilines is 1. The smallest absolute Gasteiger partial charge is 0.0442 e. The van der Waals surface area contributed by atoms with Gasteiger partial charge in [0, 0.05) is 24.9 Å². The maximum Gasteiger partial charge on any atom is 0.0442 e. The summed E-state index contributed by atoms with van der Waals surface area (Å²) in [5.74, 6) is 2.50. The minimum atomic E-state index is -1.96. The summed E-state index contributed by atoms with van der Waals surface area (Å²) in [5, 5.41) is 4.13.